The summed E-state index contributed by atoms with van der Waals surface area (Å²) in [4.78, 5) is 29.9. The summed E-state index contributed by atoms with van der Waals surface area (Å²) in [6, 6.07) is 12.8. The van der Waals surface area contributed by atoms with E-state index in [0.29, 0.717) is 22.6 Å². The molecule has 0 saturated heterocycles. The maximum atomic E-state index is 13.0. The number of benzene rings is 2. The van der Waals surface area contributed by atoms with Gasteiger partial charge in [0.25, 0.3) is 11.1 Å². The molecule has 0 radical (unpaired) electrons. The van der Waals surface area contributed by atoms with Gasteiger partial charge in [-0.3, -0.25) is 9.59 Å². The van der Waals surface area contributed by atoms with Crippen molar-refractivity contribution in [3.8, 4) is 17.2 Å². The number of hydrogen-bond donors (Lipinski definition) is 0. The number of hydrogen-bond acceptors (Lipinski definition) is 8. The van der Waals surface area contributed by atoms with Gasteiger partial charge in [0.1, 0.15) is 11.4 Å². The molecule has 176 valence electrons. The zero-order valence-electron chi connectivity index (χ0n) is 19.2. The Labute approximate surface area is 200 Å². The first-order valence-corrected chi connectivity index (χ1v) is 11.7. The van der Waals surface area contributed by atoms with Gasteiger partial charge < -0.3 is 14.2 Å². The molecule has 0 saturated carbocycles. The maximum Gasteiger partial charge on any atom is 0.296 e. The highest BCUT2D eigenvalue weighted by Crippen LogP contribution is 2.28. The first kappa shape index (κ1) is 23.4. The average Bonchev–Trinajstić information content (AvgIpc) is 3.14. The largest absolute Gasteiger partial charge is 0.497 e. The van der Waals surface area contributed by atoms with E-state index >= 15 is 0 Å². The number of nitrogens with zero attached hydrogens (tertiary/aromatic N) is 3. The molecule has 2 heterocycles. The van der Waals surface area contributed by atoms with Crippen molar-refractivity contribution in [1.29, 1.82) is 0 Å². The highest BCUT2D eigenvalue weighted by atomic mass is 32.1. The molecule has 0 aliphatic heterocycles. The summed E-state index contributed by atoms with van der Waals surface area (Å²) in [6.07, 6.45) is 4.00. The van der Waals surface area contributed by atoms with Gasteiger partial charge in [0.15, 0.2) is 11.5 Å². The summed E-state index contributed by atoms with van der Waals surface area (Å²) in [5.74, 6) is 1.97. The Balaban J connectivity index is 1.66. The van der Waals surface area contributed by atoms with E-state index in [-0.39, 0.29) is 22.6 Å². The van der Waals surface area contributed by atoms with Crippen molar-refractivity contribution >= 4 is 22.4 Å². The molecule has 2 aromatic carbocycles. The van der Waals surface area contributed by atoms with Gasteiger partial charge in [-0.2, -0.15) is 14.6 Å². The summed E-state index contributed by atoms with van der Waals surface area (Å²) in [6.45, 7) is 2.71. The number of rotatable bonds is 9. The molecule has 8 nitrogen and oxygen atoms in total. The molecule has 0 spiro atoms. The third-order valence-corrected chi connectivity index (χ3v) is 6.18. The highest BCUT2D eigenvalue weighted by Gasteiger charge is 2.12. The molecule has 0 fully saturated rings. The van der Waals surface area contributed by atoms with Crippen LogP contribution in [0.4, 0.5) is 0 Å². The van der Waals surface area contributed by atoms with E-state index in [1.165, 1.54) is 4.52 Å². The predicted molar refractivity (Wildman–Crippen MR) is 131 cm³/mol. The summed E-state index contributed by atoms with van der Waals surface area (Å²) in [5.41, 5.74) is 1.07. The number of methoxy groups -OCH3 is 2. The molecule has 4 aromatic rings. The zero-order valence-corrected chi connectivity index (χ0v) is 20.1. The molecular formula is C25H25N3O5S. The Morgan fingerprint density at radius 1 is 1.03 bits per heavy atom. The van der Waals surface area contributed by atoms with Gasteiger partial charge in [-0.05, 0) is 47.9 Å². The third-order valence-electron chi connectivity index (χ3n) is 5.22. The van der Waals surface area contributed by atoms with E-state index in [2.05, 4.69) is 17.0 Å². The van der Waals surface area contributed by atoms with Crippen LogP contribution < -0.4 is 29.9 Å². The van der Waals surface area contributed by atoms with E-state index in [1.807, 2.05) is 42.5 Å². The van der Waals surface area contributed by atoms with Gasteiger partial charge >= 0.3 is 0 Å². The third kappa shape index (κ3) is 5.09. The monoisotopic (exact) mass is 479 g/mol. The van der Waals surface area contributed by atoms with Crippen LogP contribution in [0.15, 0.2) is 52.1 Å². The van der Waals surface area contributed by atoms with Crippen molar-refractivity contribution < 1.29 is 14.2 Å². The molecular weight excluding hydrogens is 454 g/mol. The smallest absolute Gasteiger partial charge is 0.296 e. The average molecular weight is 480 g/mol. The SMILES string of the molecule is CCCCOc1ccc(/C=c2/sc3nc(=O)c(Cc4ccc(OC)cc4)nn3c2=O)cc1OC. The van der Waals surface area contributed by atoms with E-state index in [4.69, 9.17) is 14.2 Å². The number of unbranched alkanes of at least 4 members (excludes halogenated alkanes) is 1. The van der Waals surface area contributed by atoms with Crippen molar-refractivity contribution in [3.63, 3.8) is 0 Å². The van der Waals surface area contributed by atoms with Gasteiger partial charge in [0.2, 0.25) is 4.96 Å². The van der Waals surface area contributed by atoms with Crippen LogP contribution in [0.25, 0.3) is 11.0 Å². The fourth-order valence-electron chi connectivity index (χ4n) is 3.36. The quantitative estimate of drug-likeness (QED) is 0.341. The predicted octanol–water partition coefficient (Wildman–Crippen LogP) is 2.85. The van der Waals surface area contributed by atoms with E-state index in [9.17, 15) is 9.59 Å². The summed E-state index contributed by atoms with van der Waals surface area (Å²) < 4.78 is 18.0. The lowest BCUT2D eigenvalue weighted by Gasteiger charge is -2.10. The molecule has 0 bridgehead atoms. The molecule has 0 amide bonds. The summed E-state index contributed by atoms with van der Waals surface area (Å²) >= 11 is 1.12. The van der Waals surface area contributed by atoms with Crippen LogP contribution in [-0.2, 0) is 6.42 Å². The Morgan fingerprint density at radius 2 is 1.82 bits per heavy atom. The van der Waals surface area contributed by atoms with Crippen molar-refractivity contribution in [2.24, 2.45) is 0 Å². The summed E-state index contributed by atoms with van der Waals surface area (Å²) in [5, 5.41) is 4.31. The Kier molecular flexibility index (Phi) is 7.22. The second-order valence-electron chi connectivity index (χ2n) is 7.61. The summed E-state index contributed by atoms with van der Waals surface area (Å²) in [7, 11) is 3.17. The van der Waals surface area contributed by atoms with Crippen molar-refractivity contribution in [2.75, 3.05) is 20.8 Å². The molecule has 4 rings (SSSR count). The normalized spacial score (nSPS) is 11.7. The Hall–Kier alpha value is -3.72. The van der Waals surface area contributed by atoms with Gasteiger partial charge in [0, 0.05) is 6.42 Å². The minimum absolute atomic E-state index is 0.208. The van der Waals surface area contributed by atoms with Gasteiger partial charge in [-0.1, -0.05) is 42.9 Å². The lowest BCUT2D eigenvalue weighted by atomic mass is 10.1. The first-order valence-electron chi connectivity index (χ1n) is 10.9. The van der Waals surface area contributed by atoms with Crippen molar-refractivity contribution in [3.05, 3.63) is 84.5 Å². The van der Waals surface area contributed by atoms with Crippen LogP contribution in [0, 0.1) is 0 Å². The molecule has 2 aromatic heterocycles. The Bertz CT molecular complexity index is 1460. The first-order chi connectivity index (χ1) is 16.5. The standard InChI is InChI=1S/C25H25N3O5S/c1-4-5-12-33-20-11-8-17(14-21(20)32-3)15-22-24(30)28-25(34-22)26-23(29)19(27-28)13-16-6-9-18(31-2)10-7-16/h6-11,14-15H,4-5,12-13H2,1-3H3/b22-15+. The van der Waals surface area contributed by atoms with Crippen LogP contribution in [-0.4, -0.2) is 35.4 Å². The second kappa shape index (κ2) is 10.5. The van der Waals surface area contributed by atoms with Gasteiger partial charge in [-0.25, -0.2) is 0 Å². The van der Waals surface area contributed by atoms with Crippen LogP contribution in [0.3, 0.4) is 0 Å². The lowest BCUT2D eigenvalue weighted by molar-refractivity contribution is 0.288. The van der Waals surface area contributed by atoms with E-state index in [1.54, 1.807) is 20.3 Å². The topological polar surface area (TPSA) is 92.0 Å². The molecule has 0 atom stereocenters. The number of ether oxygens (including phenoxy) is 3. The lowest BCUT2D eigenvalue weighted by Crippen LogP contribution is -2.28. The van der Waals surface area contributed by atoms with Crippen molar-refractivity contribution in [2.45, 2.75) is 26.2 Å². The number of aromatic nitrogens is 3. The van der Waals surface area contributed by atoms with Crippen LogP contribution in [0.5, 0.6) is 17.2 Å². The fraction of sp³-hybridized carbons (Fsp3) is 0.280. The fourth-order valence-corrected chi connectivity index (χ4v) is 4.26. The molecule has 0 unspecified atom stereocenters. The maximum absolute atomic E-state index is 13.0. The van der Waals surface area contributed by atoms with Gasteiger partial charge in [-0.15, -0.1) is 0 Å². The van der Waals surface area contributed by atoms with Crippen LogP contribution >= 0.6 is 11.3 Å². The van der Waals surface area contributed by atoms with Gasteiger partial charge in [0.05, 0.1) is 25.4 Å². The minimum Gasteiger partial charge on any atom is -0.497 e. The van der Waals surface area contributed by atoms with E-state index < -0.39 is 5.56 Å². The molecule has 9 heteroatoms. The molecule has 0 aliphatic carbocycles. The molecule has 0 aliphatic rings. The van der Waals surface area contributed by atoms with Crippen molar-refractivity contribution in [1.82, 2.24) is 14.6 Å². The second-order valence-corrected chi connectivity index (χ2v) is 8.62. The minimum atomic E-state index is -0.445. The zero-order chi connectivity index (χ0) is 24.1. The molecule has 0 N–H and O–H groups in total. The van der Waals surface area contributed by atoms with Crippen LogP contribution in [0.1, 0.15) is 36.6 Å². The van der Waals surface area contributed by atoms with Crippen LogP contribution in [0.2, 0.25) is 0 Å². The van der Waals surface area contributed by atoms with E-state index in [0.717, 1.165) is 41.1 Å². The number of fused-ring (bicyclic) bond motifs is 1. The molecule has 34 heavy (non-hydrogen) atoms. The highest BCUT2D eigenvalue weighted by molar-refractivity contribution is 7.15. The number of thiazole rings is 1. The Morgan fingerprint density at radius 3 is 2.53 bits per heavy atom.